The molecule has 0 amide bonds. The number of hydrogen-bond donors (Lipinski definition) is 3. The van der Waals surface area contributed by atoms with Crippen LogP contribution in [0.3, 0.4) is 0 Å². The van der Waals surface area contributed by atoms with Gasteiger partial charge < -0.3 is 20.3 Å². The Morgan fingerprint density at radius 3 is 2.29 bits per heavy atom. The average Bonchev–Trinajstić information content (AvgIpc) is 2.61. The summed E-state index contributed by atoms with van der Waals surface area (Å²) in [5.74, 6) is 1.05. The Kier molecular flexibility index (Phi) is 14.9. The highest BCUT2D eigenvalue weighted by molar-refractivity contribution is 4.65. The highest BCUT2D eigenvalue weighted by Crippen LogP contribution is 2.28. The zero-order valence-electron chi connectivity index (χ0n) is 15.7. The molecule has 1 saturated carbocycles. The molecule has 0 spiro atoms. The van der Waals surface area contributed by atoms with Crippen LogP contribution in [0.1, 0.15) is 83.5 Å². The molecule has 0 saturated heterocycles. The molecule has 1 rings (SSSR count). The van der Waals surface area contributed by atoms with Gasteiger partial charge >= 0.3 is 0 Å². The largest absolute Gasteiger partial charge is 0.395 e. The second-order valence-corrected chi connectivity index (χ2v) is 7.42. The molecule has 1 atom stereocenters. The third kappa shape index (κ3) is 13.2. The van der Waals surface area contributed by atoms with E-state index in [0.717, 1.165) is 18.9 Å². The van der Waals surface area contributed by atoms with Crippen molar-refractivity contribution in [2.24, 2.45) is 5.92 Å². The second-order valence-electron chi connectivity index (χ2n) is 7.42. The molecule has 1 aliphatic carbocycles. The molecule has 0 aromatic carbocycles. The normalized spacial score (nSPS) is 17.2. The van der Waals surface area contributed by atoms with E-state index in [9.17, 15) is 5.11 Å². The summed E-state index contributed by atoms with van der Waals surface area (Å²) in [5, 5.41) is 21.2. The van der Waals surface area contributed by atoms with Gasteiger partial charge in [-0.05, 0) is 12.3 Å². The van der Waals surface area contributed by atoms with Crippen LogP contribution in [0.5, 0.6) is 0 Å². The smallest absolute Gasteiger partial charge is 0.0897 e. The van der Waals surface area contributed by atoms with Gasteiger partial charge in [-0.25, -0.2) is 0 Å². The summed E-state index contributed by atoms with van der Waals surface area (Å²) in [6.45, 7) is 2.26. The van der Waals surface area contributed by atoms with Gasteiger partial charge in [0.15, 0.2) is 0 Å². The van der Waals surface area contributed by atoms with E-state index in [0.29, 0.717) is 19.7 Å². The number of ether oxygens (including phenoxy) is 1. The van der Waals surface area contributed by atoms with E-state index in [4.69, 9.17) is 9.84 Å². The Bertz CT molecular complexity index is 257. The minimum atomic E-state index is -0.472. The van der Waals surface area contributed by atoms with Crippen molar-refractivity contribution in [2.75, 3.05) is 32.9 Å². The Morgan fingerprint density at radius 1 is 0.917 bits per heavy atom. The van der Waals surface area contributed by atoms with Crippen LogP contribution in [0.25, 0.3) is 0 Å². The lowest BCUT2D eigenvalue weighted by Gasteiger charge is -2.21. The summed E-state index contributed by atoms with van der Waals surface area (Å²) >= 11 is 0. The van der Waals surface area contributed by atoms with Gasteiger partial charge in [0.1, 0.15) is 0 Å². The summed E-state index contributed by atoms with van der Waals surface area (Å²) in [4.78, 5) is 0. The molecule has 144 valence electrons. The van der Waals surface area contributed by atoms with Gasteiger partial charge in [-0.15, -0.1) is 0 Å². The van der Waals surface area contributed by atoms with E-state index < -0.39 is 6.10 Å². The van der Waals surface area contributed by atoms with Crippen molar-refractivity contribution >= 4 is 0 Å². The second kappa shape index (κ2) is 16.3. The Balaban J connectivity index is 1.72. The van der Waals surface area contributed by atoms with Crippen LogP contribution in [-0.4, -0.2) is 49.2 Å². The molecule has 0 heterocycles. The first-order valence-corrected chi connectivity index (χ1v) is 10.4. The summed E-state index contributed by atoms with van der Waals surface area (Å²) < 4.78 is 5.49. The molecule has 4 nitrogen and oxygen atoms in total. The topological polar surface area (TPSA) is 61.7 Å². The van der Waals surface area contributed by atoms with Gasteiger partial charge in [-0.1, -0.05) is 77.0 Å². The molecular weight excluding hydrogens is 302 g/mol. The maximum Gasteiger partial charge on any atom is 0.0897 e. The van der Waals surface area contributed by atoms with Crippen molar-refractivity contribution < 1.29 is 14.9 Å². The lowest BCUT2D eigenvalue weighted by atomic mass is 9.85. The zero-order chi connectivity index (χ0) is 17.3. The van der Waals surface area contributed by atoms with Crippen LogP contribution in [0, 0.1) is 5.92 Å². The highest BCUT2D eigenvalue weighted by atomic mass is 16.5. The maximum atomic E-state index is 9.62. The SMILES string of the molecule is OCCNCC(O)COCCCCCCCCCC1CCCCC1. The van der Waals surface area contributed by atoms with Crippen molar-refractivity contribution in [3.05, 3.63) is 0 Å². The number of unbranched alkanes of at least 4 members (excludes halogenated alkanes) is 6. The minimum Gasteiger partial charge on any atom is -0.395 e. The van der Waals surface area contributed by atoms with Gasteiger partial charge in [0.25, 0.3) is 0 Å². The fourth-order valence-electron chi connectivity index (χ4n) is 3.62. The third-order valence-corrected chi connectivity index (χ3v) is 5.10. The molecule has 0 aromatic rings. The van der Waals surface area contributed by atoms with Gasteiger partial charge in [0, 0.05) is 19.7 Å². The van der Waals surface area contributed by atoms with E-state index in [2.05, 4.69) is 5.32 Å². The Morgan fingerprint density at radius 2 is 1.58 bits per heavy atom. The van der Waals surface area contributed by atoms with E-state index in [1.807, 2.05) is 0 Å². The monoisotopic (exact) mass is 343 g/mol. The van der Waals surface area contributed by atoms with Crippen LogP contribution >= 0.6 is 0 Å². The van der Waals surface area contributed by atoms with Gasteiger partial charge in [-0.2, -0.15) is 0 Å². The zero-order valence-corrected chi connectivity index (χ0v) is 15.7. The number of nitrogens with one attached hydrogen (secondary N) is 1. The molecule has 3 N–H and O–H groups in total. The lowest BCUT2D eigenvalue weighted by Crippen LogP contribution is -2.32. The lowest BCUT2D eigenvalue weighted by molar-refractivity contribution is 0.0350. The van der Waals surface area contributed by atoms with Crippen LogP contribution < -0.4 is 5.32 Å². The minimum absolute atomic E-state index is 0.105. The first kappa shape index (κ1) is 21.9. The van der Waals surface area contributed by atoms with Crippen LogP contribution in [0.4, 0.5) is 0 Å². The van der Waals surface area contributed by atoms with Crippen molar-refractivity contribution in [2.45, 2.75) is 89.6 Å². The van der Waals surface area contributed by atoms with Crippen LogP contribution in [-0.2, 0) is 4.74 Å². The Hall–Kier alpha value is -0.160. The number of aliphatic hydroxyl groups excluding tert-OH is 2. The van der Waals surface area contributed by atoms with Gasteiger partial charge in [-0.3, -0.25) is 0 Å². The molecule has 4 heteroatoms. The Labute approximate surface area is 149 Å². The fraction of sp³-hybridized carbons (Fsp3) is 1.00. The first-order chi connectivity index (χ1) is 11.8. The molecule has 24 heavy (non-hydrogen) atoms. The predicted molar refractivity (Wildman–Crippen MR) is 100 cm³/mol. The maximum absolute atomic E-state index is 9.62. The summed E-state index contributed by atoms with van der Waals surface area (Å²) in [7, 11) is 0. The van der Waals surface area contributed by atoms with Crippen LogP contribution in [0.2, 0.25) is 0 Å². The van der Waals surface area contributed by atoms with Gasteiger partial charge in [0.05, 0.1) is 19.3 Å². The fourth-order valence-corrected chi connectivity index (χ4v) is 3.62. The standard InChI is InChI=1S/C20H41NO3/c22-15-14-21-17-20(23)18-24-16-10-5-3-1-2-4-7-11-19-12-8-6-9-13-19/h19-23H,1-18H2. The molecule has 0 aromatic heterocycles. The highest BCUT2D eigenvalue weighted by Gasteiger charge is 2.12. The van der Waals surface area contributed by atoms with E-state index in [1.165, 1.54) is 77.0 Å². The molecule has 0 aliphatic heterocycles. The summed E-state index contributed by atoms with van der Waals surface area (Å²) in [6.07, 6.45) is 17.7. The number of hydrogen-bond acceptors (Lipinski definition) is 4. The first-order valence-electron chi connectivity index (χ1n) is 10.4. The average molecular weight is 344 g/mol. The quantitative estimate of drug-likeness (QED) is 0.374. The summed E-state index contributed by atoms with van der Waals surface area (Å²) in [6, 6.07) is 0. The molecule has 1 fully saturated rings. The molecule has 1 unspecified atom stereocenters. The van der Waals surface area contributed by atoms with Crippen molar-refractivity contribution in [3.63, 3.8) is 0 Å². The third-order valence-electron chi connectivity index (χ3n) is 5.10. The van der Waals surface area contributed by atoms with Crippen molar-refractivity contribution in [3.8, 4) is 0 Å². The number of aliphatic hydroxyl groups is 2. The summed E-state index contributed by atoms with van der Waals surface area (Å²) in [5.41, 5.74) is 0. The van der Waals surface area contributed by atoms with Gasteiger partial charge in [0.2, 0.25) is 0 Å². The molecule has 1 aliphatic rings. The number of rotatable bonds is 16. The van der Waals surface area contributed by atoms with Crippen LogP contribution in [0.15, 0.2) is 0 Å². The van der Waals surface area contributed by atoms with E-state index in [-0.39, 0.29) is 6.61 Å². The molecule has 0 bridgehead atoms. The molecule has 0 radical (unpaired) electrons. The van der Waals surface area contributed by atoms with Crippen molar-refractivity contribution in [1.29, 1.82) is 0 Å². The predicted octanol–water partition coefficient (Wildman–Crippen LogP) is 3.65. The van der Waals surface area contributed by atoms with Crippen molar-refractivity contribution in [1.82, 2.24) is 5.32 Å². The van der Waals surface area contributed by atoms with E-state index in [1.54, 1.807) is 0 Å². The molecular formula is C20H41NO3. The van der Waals surface area contributed by atoms with E-state index >= 15 is 0 Å².